The number of hydrogen-bond donors (Lipinski definition) is 2. The Morgan fingerprint density at radius 2 is 2.12 bits per heavy atom. The molecule has 0 spiro atoms. The predicted molar refractivity (Wildman–Crippen MR) is 71.3 cm³/mol. The summed E-state index contributed by atoms with van der Waals surface area (Å²) in [6.45, 7) is 5.70. The molecule has 90 valence electrons. The molecule has 17 heavy (non-hydrogen) atoms. The third-order valence-electron chi connectivity index (χ3n) is 2.82. The molecule has 2 N–H and O–H groups in total. The van der Waals surface area contributed by atoms with Gasteiger partial charge in [0.05, 0.1) is 0 Å². The maximum absolute atomic E-state index is 11.8. The van der Waals surface area contributed by atoms with Crippen LogP contribution in [-0.4, -0.2) is 11.5 Å². The lowest BCUT2D eigenvalue weighted by molar-refractivity contribution is 0.671. The van der Waals surface area contributed by atoms with Crippen LogP contribution in [-0.2, 0) is 6.54 Å². The van der Waals surface area contributed by atoms with E-state index >= 15 is 0 Å². The topological polar surface area (TPSA) is 44.9 Å². The van der Waals surface area contributed by atoms with E-state index in [1.54, 1.807) is 0 Å². The van der Waals surface area contributed by atoms with Crippen LogP contribution in [0.15, 0.2) is 29.1 Å². The number of pyridine rings is 1. The quantitative estimate of drug-likeness (QED) is 0.792. The highest BCUT2D eigenvalue weighted by Crippen LogP contribution is 2.12. The Morgan fingerprint density at radius 1 is 1.29 bits per heavy atom. The lowest BCUT2D eigenvalue weighted by Crippen LogP contribution is -2.21. The van der Waals surface area contributed by atoms with Gasteiger partial charge in [-0.05, 0) is 43.0 Å². The second-order valence-corrected chi connectivity index (χ2v) is 4.39. The van der Waals surface area contributed by atoms with E-state index < -0.39 is 0 Å². The summed E-state index contributed by atoms with van der Waals surface area (Å²) in [5.41, 5.74) is 2.88. The Bertz CT molecular complexity index is 572. The van der Waals surface area contributed by atoms with E-state index in [1.165, 1.54) is 0 Å². The van der Waals surface area contributed by atoms with Crippen molar-refractivity contribution in [2.75, 3.05) is 6.54 Å². The molecule has 0 atom stereocenters. The van der Waals surface area contributed by atoms with E-state index in [0.717, 1.165) is 35.0 Å². The van der Waals surface area contributed by atoms with Gasteiger partial charge in [-0.2, -0.15) is 0 Å². The Labute approximate surface area is 101 Å². The molecular formula is C14H18N2O. The van der Waals surface area contributed by atoms with Crippen LogP contribution in [0.2, 0.25) is 0 Å². The smallest absolute Gasteiger partial charge is 0.252 e. The average Bonchev–Trinajstić information content (AvgIpc) is 2.30. The fourth-order valence-electron chi connectivity index (χ4n) is 1.89. The molecule has 0 saturated carbocycles. The van der Waals surface area contributed by atoms with E-state index in [2.05, 4.69) is 23.3 Å². The molecule has 2 rings (SSSR count). The van der Waals surface area contributed by atoms with Crippen molar-refractivity contribution in [2.24, 2.45) is 0 Å². The fraction of sp³-hybridized carbons (Fsp3) is 0.357. The molecule has 0 saturated heterocycles. The molecule has 0 radical (unpaired) electrons. The summed E-state index contributed by atoms with van der Waals surface area (Å²) >= 11 is 0. The first-order valence-electron chi connectivity index (χ1n) is 6.04. The number of aromatic amines is 1. The fourth-order valence-corrected chi connectivity index (χ4v) is 1.89. The van der Waals surface area contributed by atoms with Crippen LogP contribution in [0, 0.1) is 6.92 Å². The number of hydrogen-bond acceptors (Lipinski definition) is 2. The van der Waals surface area contributed by atoms with E-state index in [9.17, 15) is 4.79 Å². The van der Waals surface area contributed by atoms with Gasteiger partial charge in [0, 0.05) is 17.6 Å². The van der Waals surface area contributed by atoms with Crippen LogP contribution >= 0.6 is 0 Å². The standard InChI is InChI=1S/C14H18N2O/c1-3-6-15-9-12-8-11-5-4-10(2)7-13(11)16-14(12)17/h4-5,7-8,15H,3,6,9H2,1-2H3,(H,16,17). The van der Waals surface area contributed by atoms with E-state index in [-0.39, 0.29) is 5.56 Å². The zero-order valence-corrected chi connectivity index (χ0v) is 10.3. The summed E-state index contributed by atoms with van der Waals surface area (Å²) in [5.74, 6) is 0. The third-order valence-corrected chi connectivity index (χ3v) is 2.82. The van der Waals surface area contributed by atoms with Crippen LogP contribution in [0.25, 0.3) is 10.9 Å². The number of aromatic nitrogens is 1. The van der Waals surface area contributed by atoms with Gasteiger partial charge in [-0.3, -0.25) is 4.79 Å². The molecule has 0 aliphatic carbocycles. The van der Waals surface area contributed by atoms with Crippen molar-refractivity contribution in [3.63, 3.8) is 0 Å². The van der Waals surface area contributed by atoms with Crippen LogP contribution in [0.3, 0.4) is 0 Å². The minimum Gasteiger partial charge on any atom is -0.322 e. The zero-order chi connectivity index (χ0) is 12.3. The molecule has 0 fully saturated rings. The van der Waals surface area contributed by atoms with Crippen molar-refractivity contribution in [3.05, 3.63) is 45.7 Å². The maximum atomic E-state index is 11.8. The van der Waals surface area contributed by atoms with Crippen LogP contribution in [0.4, 0.5) is 0 Å². The number of aryl methyl sites for hydroxylation is 1. The summed E-state index contributed by atoms with van der Waals surface area (Å²) in [6, 6.07) is 8.07. The number of benzene rings is 1. The number of rotatable bonds is 4. The summed E-state index contributed by atoms with van der Waals surface area (Å²) in [7, 11) is 0. The van der Waals surface area contributed by atoms with Gasteiger partial charge >= 0.3 is 0 Å². The lowest BCUT2D eigenvalue weighted by atomic mass is 10.1. The first-order valence-corrected chi connectivity index (χ1v) is 6.04. The molecule has 0 bridgehead atoms. The average molecular weight is 230 g/mol. The second kappa shape index (κ2) is 5.15. The minimum absolute atomic E-state index is 0.00621. The Morgan fingerprint density at radius 3 is 2.88 bits per heavy atom. The molecule has 1 aromatic heterocycles. The monoisotopic (exact) mass is 230 g/mol. The minimum atomic E-state index is 0.00621. The van der Waals surface area contributed by atoms with Gasteiger partial charge in [0.2, 0.25) is 0 Å². The first-order chi connectivity index (χ1) is 8.20. The van der Waals surface area contributed by atoms with Gasteiger partial charge in [0.25, 0.3) is 5.56 Å². The summed E-state index contributed by atoms with van der Waals surface area (Å²) in [5, 5.41) is 4.33. The largest absolute Gasteiger partial charge is 0.322 e. The highest BCUT2D eigenvalue weighted by atomic mass is 16.1. The number of nitrogens with one attached hydrogen (secondary N) is 2. The number of fused-ring (bicyclic) bond motifs is 1. The Balaban J connectivity index is 2.35. The van der Waals surface area contributed by atoms with E-state index in [4.69, 9.17) is 0 Å². The van der Waals surface area contributed by atoms with Crippen LogP contribution in [0.5, 0.6) is 0 Å². The van der Waals surface area contributed by atoms with Crippen molar-refractivity contribution in [1.29, 1.82) is 0 Å². The summed E-state index contributed by atoms with van der Waals surface area (Å²) < 4.78 is 0. The highest BCUT2D eigenvalue weighted by Gasteiger charge is 2.02. The van der Waals surface area contributed by atoms with Crippen LogP contribution < -0.4 is 10.9 Å². The maximum Gasteiger partial charge on any atom is 0.252 e. The SMILES string of the molecule is CCCNCc1cc2ccc(C)cc2[nH]c1=O. The molecule has 2 aromatic rings. The second-order valence-electron chi connectivity index (χ2n) is 4.39. The Hall–Kier alpha value is -1.61. The lowest BCUT2D eigenvalue weighted by Gasteiger charge is -2.05. The van der Waals surface area contributed by atoms with Crippen molar-refractivity contribution in [2.45, 2.75) is 26.8 Å². The van der Waals surface area contributed by atoms with Crippen LogP contribution in [0.1, 0.15) is 24.5 Å². The molecule has 0 aliphatic rings. The van der Waals surface area contributed by atoms with Crippen molar-refractivity contribution < 1.29 is 0 Å². The van der Waals surface area contributed by atoms with Crippen molar-refractivity contribution >= 4 is 10.9 Å². The summed E-state index contributed by atoms with van der Waals surface area (Å²) in [6.07, 6.45) is 1.07. The first kappa shape index (κ1) is 11.9. The summed E-state index contributed by atoms with van der Waals surface area (Å²) in [4.78, 5) is 14.8. The molecule has 1 aromatic carbocycles. The van der Waals surface area contributed by atoms with Gasteiger partial charge in [0.15, 0.2) is 0 Å². The van der Waals surface area contributed by atoms with Gasteiger partial charge in [0.1, 0.15) is 0 Å². The molecule has 0 unspecified atom stereocenters. The molecular weight excluding hydrogens is 212 g/mol. The molecule has 0 amide bonds. The molecule has 3 heteroatoms. The van der Waals surface area contributed by atoms with E-state index in [1.807, 2.05) is 25.1 Å². The van der Waals surface area contributed by atoms with Crippen molar-refractivity contribution in [1.82, 2.24) is 10.3 Å². The normalized spacial score (nSPS) is 10.9. The van der Waals surface area contributed by atoms with Gasteiger partial charge in [-0.25, -0.2) is 0 Å². The highest BCUT2D eigenvalue weighted by molar-refractivity contribution is 5.79. The van der Waals surface area contributed by atoms with Gasteiger partial charge < -0.3 is 10.3 Å². The molecule has 1 heterocycles. The molecule has 0 aliphatic heterocycles. The van der Waals surface area contributed by atoms with Crippen molar-refractivity contribution in [3.8, 4) is 0 Å². The van der Waals surface area contributed by atoms with Gasteiger partial charge in [-0.15, -0.1) is 0 Å². The third kappa shape index (κ3) is 2.74. The van der Waals surface area contributed by atoms with Gasteiger partial charge in [-0.1, -0.05) is 19.1 Å². The molecule has 3 nitrogen and oxygen atoms in total. The predicted octanol–water partition coefficient (Wildman–Crippen LogP) is 2.34. The Kier molecular flexibility index (Phi) is 3.59. The number of H-pyrrole nitrogens is 1. The van der Waals surface area contributed by atoms with E-state index in [0.29, 0.717) is 6.54 Å². The zero-order valence-electron chi connectivity index (χ0n) is 10.3.